The number of carbonyl (C=O) groups is 1. The van der Waals surface area contributed by atoms with E-state index in [0.29, 0.717) is 18.5 Å². The highest BCUT2D eigenvalue weighted by Gasteiger charge is 2.25. The molecule has 3 aromatic rings. The minimum absolute atomic E-state index is 0.109. The molecule has 0 radical (unpaired) electrons. The number of hydrogen-bond acceptors (Lipinski definition) is 5. The lowest BCUT2D eigenvalue weighted by Gasteiger charge is -2.28. The summed E-state index contributed by atoms with van der Waals surface area (Å²) in [4.78, 5) is 17.9. The van der Waals surface area contributed by atoms with Crippen molar-refractivity contribution in [3.8, 4) is 0 Å². The number of fused-ring (bicyclic) bond motifs is 1. The van der Waals surface area contributed by atoms with Crippen LogP contribution in [0.25, 0.3) is 11.0 Å². The molecule has 0 aliphatic heterocycles. The van der Waals surface area contributed by atoms with Crippen molar-refractivity contribution in [1.82, 2.24) is 20.1 Å². The van der Waals surface area contributed by atoms with E-state index in [1.807, 2.05) is 18.5 Å². The first kappa shape index (κ1) is 22.3. The molecule has 1 fully saturated rings. The number of pyridine rings is 1. The Morgan fingerprint density at radius 3 is 2.81 bits per heavy atom. The van der Waals surface area contributed by atoms with Crippen LogP contribution in [0.15, 0.2) is 30.6 Å². The third-order valence-corrected chi connectivity index (χ3v) is 6.44. The van der Waals surface area contributed by atoms with Crippen LogP contribution in [0.1, 0.15) is 72.6 Å². The van der Waals surface area contributed by atoms with E-state index >= 15 is 0 Å². The number of amides is 1. The third kappa shape index (κ3) is 4.48. The summed E-state index contributed by atoms with van der Waals surface area (Å²) in [6.45, 7) is 8.86. The van der Waals surface area contributed by atoms with Gasteiger partial charge in [0.15, 0.2) is 5.65 Å². The van der Waals surface area contributed by atoms with E-state index in [2.05, 4.69) is 52.8 Å². The molecule has 1 aliphatic carbocycles. The fourth-order valence-electron chi connectivity index (χ4n) is 4.75. The first-order valence-corrected chi connectivity index (χ1v) is 11.5. The van der Waals surface area contributed by atoms with Crippen molar-refractivity contribution >= 4 is 22.6 Å². The number of carbonyl (C=O) groups excluding carboxylic acids is 1. The molecule has 7 nitrogen and oxygen atoms in total. The molecule has 1 aliphatic rings. The second kappa shape index (κ2) is 9.28. The van der Waals surface area contributed by atoms with Crippen molar-refractivity contribution in [3.05, 3.63) is 52.8 Å². The first-order valence-electron chi connectivity index (χ1n) is 11.5. The van der Waals surface area contributed by atoms with Crippen LogP contribution >= 0.6 is 0 Å². The highest BCUT2D eigenvalue weighted by molar-refractivity contribution is 6.06. The fraction of sp³-hybridized carbons (Fsp3) is 0.480. The molecule has 0 spiro atoms. The number of benzene rings is 1. The number of rotatable bonds is 6. The van der Waals surface area contributed by atoms with E-state index < -0.39 is 0 Å². The molecule has 2 heterocycles. The second-order valence-electron chi connectivity index (χ2n) is 8.96. The van der Waals surface area contributed by atoms with E-state index in [0.717, 1.165) is 47.1 Å². The topological polar surface area (TPSA) is 92.1 Å². The van der Waals surface area contributed by atoms with Crippen LogP contribution in [0.5, 0.6) is 0 Å². The van der Waals surface area contributed by atoms with Gasteiger partial charge in [-0.3, -0.25) is 4.79 Å². The number of hydrogen-bond donors (Lipinski definition) is 3. The number of nitrogens with zero attached hydrogens (tertiary/aromatic N) is 3. The standard InChI is InChI=1S/C25H33N5O2/c1-5-30-24-21(14-27-30)23(29-18-7-6-8-19(31)12-18)22(13-26-24)25(32)28-17(4)20-10-9-15(2)11-16(20)3/h9-11,13-14,17-19,31H,5-8,12H2,1-4H3,(H,26,29)(H,28,32)/t17-,18+,19+/m1/s1. The Morgan fingerprint density at radius 2 is 2.09 bits per heavy atom. The molecule has 0 bridgehead atoms. The Hall–Kier alpha value is -2.93. The zero-order valence-corrected chi connectivity index (χ0v) is 19.4. The Labute approximate surface area is 189 Å². The predicted octanol–water partition coefficient (Wildman–Crippen LogP) is 4.27. The average Bonchev–Trinajstić information content (AvgIpc) is 3.17. The number of aromatic nitrogens is 3. The Bertz CT molecular complexity index is 1120. The molecule has 3 N–H and O–H groups in total. The summed E-state index contributed by atoms with van der Waals surface area (Å²) in [6, 6.07) is 6.25. The Balaban J connectivity index is 1.66. The van der Waals surface area contributed by atoms with Crippen LogP contribution in [0, 0.1) is 13.8 Å². The van der Waals surface area contributed by atoms with Gasteiger partial charge in [-0.15, -0.1) is 0 Å². The molecule has 1 aromatic carbocycles. The highest BCUT2D eigenvalue weighted by atomic mass is 16.3. The molecule has 4 rings (SSSR count). The highest BCUT2D eigenvalue weighted by Crippen LogP contribution is 2.30. The summed E-state index contributed by atoms with van der Waals surface area (Å²) >= 11 is 0. The summed E-state index contributed by atoms with van der Waals surface area (Å²) in [7, 11) is 0. The molecule has 170 valence electrons. The van der Waals surface area contributed by atoms with Gasteiger partial charge in [0.05, 0.1) is 35.0 Å². The van der Waals surface area contributed by atoms with Crippen LogP contribution < -0.4 is 10.6 Å². The predicted molar refractivity (Wildman–Crippen MR) is 127 cm³/mol. The van der Waals surface area contributed by atoms with E-state index in [1.165, 1.54) is 5.56 Å². The number of anilines is 1. The molecule has 2 aromatic heterocycles. The maximum atomic E-state index is 13.4. The number of aliphatic hydroxyl groups is 1. The smallest absolute Gasteiger partial charge is 0.255 e. The Morgan fingerprint density at radius 1 is 1.28 bits per heavy atom. The third-order valence-electron chi connectivity index (χ3n) is 6.44. The minimum atomic E-state index is -0.307. The van der Waals surface area contributed by atoms with Gasteiger partial charge in [-0.1, -0.05) is 23.8 Å². The molecule has 3 atom stereocenters. The number of nitrogens with one attached hydrogen (secondary N) is 2. The normalized spacial score (nSPS) is 19.7. The molecule has 0 unspecified atom stereocenters. The molecule has 0 saturated heterocycles. The average molecular weight is 436 g/mol. The summed E-state index contributed by atoms with van der Waals surface area (Å²) in [5.74, 6) is -0.171. The molecular weight excluding hydrogens is 402 g/mol. The van der Waals surface area contributed by atoms with Crippen molar-refractivity contribution in [1.29, 1.82) is 0 Å². The van der Waals surface area contributed by atoms with Crippen molar-refractivity contribution < 1.29 is 9.90 Å². The lowest BCUT2D eigenvalue weighted by atomic mass is 9.92. The van der Waals surface area contributed by atoms with E-state index in [9.17, 15) is 9.90 Å². The Kier molecular flexibility index (Phi) is 6.46. The summed E-state index contributed by atoms with van der Waals surface area (Å²) in [6.07, 6.45) is 6.54. The van der Waals surface area contributed by atoms with Gasteiger partial charge in [-0.2, -0.15) is 5.10 Å². The molecule has 1 amide bonds. The van der Waals surface area contributed by atoms with Crippen LogP contribution in [-0.4, -0.2) is 37.9 Å². The second-order valence-corrected chi connectivity index (χ2v) is 8.96. The summed E-state index contributed by atoms with van der Waals surface area (Å²) in [5, 5.41) is 22.1. The minimum Gasteiger partial charge on any atom is -0.393 e. The van der Waals surface area contributed by atoms with Crippen LogP contribution in [-0.2, 0) is 6.54 Å². The lowest BCUT2D eigenvalue weighted by Crippen LogP contribution is -2.32. The SMILES string of the molecule is CCn1ncc2c(N[C@H]3CCC[C@H](O)C3)c(C(=O)N[C@H](C)c3ccc(C)cc3C)cnc21. The quantitative estimate of drug-likeness (QED) is 0.538. The van der Waals surface area contributed by atoms with E-state index in [1.54, 1.807) is 12.4 Å². The zero-order chi connectivity index (χ0) is 22.8. The van der Waals surface area contributed by atoms with Gasteiger partial charge < -0.3 is 15.7 Å². The number of aliphatic hydroxyl groups excluding tert-OH is 1. The van der Waals surface area contributed by atoms with Gasteiger partial charge in [0.25, 0.3) is 5.91 Å². The summed E-state index contributed by atoms with van der Waals surface area (Å²) < 4.78 is 1.83. The van der Waals surface area contributed by atoms with Gasteiger partial charge in [-0.05, 0) is 64.5 Å². The zero-order valence-electron chi connectivity index (χ0n) is 19.4. The fourth-order valence-corrected chi connectivity index (χ4v) is 4.75. The lowest BCUT2D eigenvalue weighted by molar-refractivity contribution is 0.0940. The van der Waals surface area contributed by atoms with Crippen molar-refractivity contribution in [2.75, 3.05) is 5.32 Å². The molecular formula is C25H33N5O2. The maximum absolute atomic E-state index is 13.4. The monoisotopic (exact) mass is 435 g/mol. The molecule has 1 saturated carbocycles. The maximum Gasteiger partial charge on any atom is 0.255 e. The van der Waals surface area contributed by atoms with Gasteiger partial charge in [0, 0.05) is 18.8 Å². The van der Waals surface area contributed by atoms with Gasteiger partial charge in [0.1, 0.15) is 0 Å². The number of aryl methyl sites for hydroxylation is 3. The van der Waals surface area contributed by atoms with Crippen LogP contribution in [0.2, 0.25) is 0 Å². The van der Waals surface area contributed by atoms with Gasteiger partial charge >= 0.3 is 0 Å². The van der Waals surface area contributed by atoms with Gasteiger partial charge in [0.2, 0.25) is 0 Å². The largest absolute Gasteiger partial charge is 0.393 e. The van der Waals surface area contributed by atoms with Crippen molar-refractivity contribution in [2.45, 2.75) is 78.1 Å². The molecule has 32 heavy (non-hydrogen) atoms. The van der Waals surface area contributed by atoms with Crippen molar-refractivity contribution in [2.24, 2.45) is 0 Å². The first-order chi connectivity index (χ1) is 15.4. The van der Waals surface area contributed by atoms with E-state index in [-0.39, 0.29) is 24.1 Å². The summed E-state index contributed by atoms with van der Waals surface area (Å²) in [5.41, 5.74) is 5.47. The molecule has 7 heteroatoms. The van der Waals surface area contributed by atoms with Crippen molar-refractivity contribution in [3.63, 3.8) is 0 Å². The van der Waals surface area contributed by atoms with Crippen LogP contribution in [0.4, 0.5) is 5.69 Å². The van der Waals surface area contributed by atoms with E-state index in [4.69, 9.17) is 0 Å². The van der Waals surface area contributed by atoms with Gasteiger partial charge in [-0.25, -0.2) is 9.67 Å². The van der Waals surface area contributed by atoms with Crippen LogP contribution in [0.3, 0.4) is 0 Å².